The first kappa shape index (κ1) is 43.6. The monoisotopic (exact) mass is 915 g/mol. The molecule has 0 aliphatic heterocycles. The third-order valence-corrected chi connectivity index (χ3v) is 9.64. The number of fused-ring (bicyclic) bond motifs is 2. The number of hydrogen-bond acceptors (Lipinski definition) is 15. The Bertz CT molecular complexity index is 2730. The fraction of sp³-hybridized carbons (Fsp3) is 0. The molecule has 6 aromatic carbocycles. The van der Waals surface area contributed by atoms with Gasteiger partial charge in [-0.15, -0.1) is 20.5 Å². The molecule has 0 aliphatic carbocycles. The second-order valence-electron chi connectivity index (χ2n) is 11.5. The van der Waals surface area contributed by atoms with Gasteiger partial charge >= 0.3 is 11.9 Å². The van der Waals surface area contributed by atoms with E-state index in [2.05, 4.69) is 25.8 Å². The van der Waals surface area contributed by atoms with Crippen LogP contribution >= 0.6 is 0 Å². The fourth-order valence-corrected chi connectivity index (χ4v) is 6.61. The van der Waals surface area contributed by atoms with Crippen LogP contribution in [0.2, 0.25) is 0 Å². The zero-order valence-corrected chi connectivity index (χ0v) is 31.3. The molecule has 6 rings (SSSR count). The minimum Gasteiger partial charge on any atom is -0.506 e. The Hall–Kier alpha value is -6.16. The van der Waals surface area contributed by atoms with Crippen molar-refractivity contribution in [3.63, 3.8) is 0 Å². The van der Waals surface area contributed by atoms with Gasteiger partial charge < -0.3 is 36.0 Å². The van der Waals surface area contributed by atoms with Gasteiger partial charge in [0, 0.05) is 56.3 Å². The molecule has 23 heteroatoms. The van der Waals surface area contributed by atoms with Gasteiger partial charge in [0.05, 0.1) is 11.1 Å². The van der Waals surface area contributed by atoms with E-state index in [0.29, 0.717) is 0 Å². The van der Waals surface area contributed by atoms with Crippen molar-refractivity contribution in [3.8, 4) is 23.0 Å². The molecule has 57 heavy (non-hydrogen) atoms. The van der Waals surface area contributed by atoms with Crippen molar-refractivity contribution >= 4 is 87.8 Å². The first-order valence-electron chi connectivity index (χ1n) is 15.1. The van der Waals surface area contributed by atoms with E-state index >= 15 is 0 Å². The van der Waals surface area contributed by atoms with Gasteiger partial charge in [0.15, 0.2) is 11.5 Å². The number of aromatic carboxylic acids is 2. The molecule has 0 aromatic heterocycles. The zero-order chi connectivity index (χ0) is 40.0. The summed E-state index contributed by atoms with van der Waals surface area (Å²) in [5, 5.41) is 78.6. The Kier molecular flexibility index (Phi) is 12.6. The zero-order valence-electron chi connectivity index (χ0n) is 27.8. The third-order valence-electron chi connectivity index (χ3n) is 7.91. The van der Waals surface area contributed by atoms with Gasteiger partial charge in [-0.1, -0.05) is 0 Å². The van der Waals surface area contributed by atoms with E-state index in [0.717, 1.165) is 48.5 Å². The summed E-state index contributed by atoms with van der Waals surface area (Å²) in [5.74, 6) is -5.21. The molecule has 0 unspecified atom stereocenters. The van der Waals surface area contributed by atoms with Gasteiger partial charge in [-0.25, -0.2) is 9.59 Å². The van der Waals surface area contributed by atoms with Gasteiger partial charge in [-0.3, -0.25) is 9.11 Å². The molecule has 0 spiro atoms. The fourth-order valence-electron chi connectivity index (χ4n) is 5.29. The summed E-state index contributed by atoms with van der Waals surface area (Å²) in [7, 11) is -10.1. The van der Waals surface area contributed by atoms with Gasteiger partial charge in [0.25, 0.3) is 20.2 Å². The Balaban J connectivity index is 0.00000360. The maximum Gasteiger partial charge on any atom is 0.335 e. The van der Waals surface area contributed by atoms with Crippen molar-refractivity contribution in [2.24, 2.45) is 20.5 Å². The quantitative estimate of drug-likeness (QED) is 0.0370. The summed E-state index contributed by atoms with van der Waals surface area (Å²) >= 11 is 0. The number of benzene rings is 6. The van der Waals surface area contributed by atoms with E-state index < -0.39 is 76.3 Å². The largest absolute Gasteiger partial charge is 0.506 e. The molecule has 0 fully saturated rings. The molecule has 0 aliphatic rings. The maximum atomic E-state index is 12.4. The molecule has 6 aromatic rings. The van der Waals surface area contributed by atoms with Crippen LogP contribution in [0, 0.1) is 0 Å². The minimum atomic E-state index is -5.07. The number of nitrogens with zero attached hydrogens (tertiary/aromatic N) is 4. The number of carboxylic acids is 2. The summed E-state index contributed by atoms with van der Waals surface area (Å²) in [6, 6.07) is 16.4. The van der Waals surface area contributed by atoms with Crippen LogP contribution in [0.1, 0.15) is 20.7 Å². The van der Waals surface area contributed by atoms with Crippen LogP contribution in [0.15, 0.2) is 115 Å². The van der Waals surface area contributed by atoms with Crippen molar-refractivity contribution in [1.29, 1.82) is 0 Å². The summed E-state index contributed by atoms with van der Waals surface area (Å²) in [6.45, 7) is 0. The van der Waals surface area contributed by atoms with Crippen molar-refractivity contribution in [2.75, 3.05) is 5.32 Å². The summed E-state index contributed by atoms with van der Waals surface area (Å²) < 4.78 is 69.4. The predicted octanol–water partition coefficient (Wildman–Crippen LogP) is 7.27. The number of phenols is 4. The minimum absolute atomic E-state index is 0. The van der Waals surface area contributed by atoms with Gasteiger partial charge in [-0.2, -0.15) is 16.8 Å². The molecular formula is C34H23Cu2N5O14S2. The molecule has 0 heterocycles. The number of carbonyl (C=O) groups is 2. The molecule has 9 N–H and O–H groups in total. The number of carboxylic acid groups (broad SMARTS) is 2. The van der Waals surface area contributed by atoms with Crippen LogP contribution in [0.25, 0.3) is 21.5 Å². The average molecular weight is 917 g/mol. The Morgan fingerprint density at radius 1 is 0.509 bits per heavy atom. The number of nitrogens with one attached hydrogen (secondary N) is 1. The van der Waals surface area contributed by atoms with E-state index in [1.807, 2.05) is 0 Å². The van der Waals surface area contributed by atoms with Crippen molar-refractivity contribution < 1.29 is 100 Å². The van der Waals surface area contributed by atoms with Crippen molar-refractivity contribution in [1.82, 2.24) is 0 Å². The molecule has 302 valence electrons. The molecule has 2 radical (unpaired) electrons. The second-order valence-corrected chi connectivity index (χ2v) is 14.3. The smallest absolute Gasteiger partial charge is 0.335 e. The van der Waals surface area contributed by atoms with Crippen LogP contribution in [0.3, 0.4) is 0 Å². The number of aromatic hydroxyl groups is 4. The number of azo groups is 2. The Labute approximate surface area is 341 Å². The first-order valence-corrected chi connectivity index (χ1v) is 18.0. The number of phenolic OH excluding ortho intramolecular Hbond substituents is 4. The van der Waals surface area contributed by atoms with E-state index in [1.165, 1.54) is 36.4 Å². The predicted molar refractivity (Wildman–Crippen MR) is 193 cm³/mol. The van der Waals surface area contributed by atoms with Crippen LogP contribution in [-0.2, 0) is 54.4 Å². The number of anilines is 2. The average Bonchev–Trinajstić information content (AvgIpc) is 3.10. The standard InChI is InChI=1S/C34H23N5O14S2.2Cu/c40-25-7-1-15(33(44)45)11-23(25)36-38-29-27(54(48,49)50)13-17-9-19(3-5-21(17)31(29)42)35-20-4-6-22-18(10-20)14-28(55(51,52)53)30(32(22)43)39-37-24-12-16(34(46)47)2-8-26(24)41;;/h1-14,35,40-43H,(H,44,45)(H,46,47)(H,48,49,50)(H,51,52,53);;. The van der Waals surface area contributed by atoms with Crippen molar-refractivity contribution in [2.45, 2.75) is 9.79 Å². The first-order chi connectivity index (χ1) is 25.8. The van der Waals surface area contributed by atoms with Crippen LogP contribution in [-0.4, -0.2) is 68.5 Å². The van der Waals surface area contributed by atoms with Gasteiger partial charge in [0.1, 0.15) is 44.0 Å². The number of rotatable bonds is 10. The van der Waals surface area contributed by atoms with Crippen molar-refractivity contribution in [3.05, 3.63) is 96.1 Å². The summed E-state index contributed by atoms with van der Waals surface area (Å²) in [4.78, 5) is 20.9. The van der Waals surface area contributed by atoms with E-state index in [4.69, 9.17) is 0 Å². The van der Waals surface area contributed by atoms with E-state index in [1.54, 1.807) is 0 Å². The topological polar surface area (TPSA) is 326 Å². The molecular weight excluding hydrogens is 894 g/mol. The second kappa shape index (κ2) is 16.5. The molecule has 19 nitrogen and oxygen atoms in total. The Morgan fingerprint density at radius 2 is 0.877 bits per heavy atom. The molecule has 0 bridgehead atoms. The van der Waals surface area contributed by atoms with Crippen LogP contribution in [0.5, 0.6) is 23.0 Å². The van der Waals surface area contributed by atoms with Crippen LogP contribution < -0.4 is 5.32 Å². The molecule has 0 amide bonds. The van der Waals surface area contributed by atoms with Gasteiger partial charge in [-0.05, 0) is 95.7 Å². The van der Waals surface area contributed by atoms with Crippen LogP contribution in [0.4, 0.5) is 34.1 Å². The SMILES string of the molecule is O=C(O)c1ccc(O)c(N=Nc2c(S(=O)(=O)O)cc3cc(Nc4ccc5c(O)c(N=Nc6cc(C(=O)O)ccc6O)c(S(=O)(=O)O)cc5c4)ccc3c2O)c1.[Cu].[Cu]. The van der Waals surface area contributed by atoms with E-state index in [-0.39, 0.29) is 89.6 Å². The summed E-state index contributed by atoms with van der Waals surface area (Å²) in [5.41, 5.74) is -2.21. The maximum absolute atomic E-state index is 12.4. The molecule has 0 saturated carbocycles. The third kappa shape index (κ3) is 9.12. The molecule has 0 atom stereocenters. The molecule has 0 saturated heterocycles. The normalized spacial score (nSPS) is 11.8. The Morgan fingerprint density at radius 3 is 1.21 bits per heavy atom. The summed E-state index contributed by atoms with van der Waals surface area (Å²) in [6.07, 6.45) is 0. The van der Waals surface area contributed by atoms with Gasteiger partial charge in [0.2, 0.25) is 0 Å². The van der Waals surface area contributed by atoms with E-state index in [9.17, 15) is 66.2 Å². The number of hydrogen-bond donors (Lipinski definition) is 9.